The van der Waals surface area contributed by atoms with Gasteiger partial charge >= 0.3 is 13.6 Å². The maximum Gasteiger partial charge on any atom is 0.367 e. The van der Waals surface area contributed by atoms with Gasteiger partial charge in [-0.25, -0.2) is 0 Å². The highest BCUT2D eigenvalue weighted by molar-refractivity contribution is 7.53. The van der Waals surface area contributed by atoms with E-state index >= 15 is 0 Å². The number of rotatable bonds is 10. The molecule has 9 heteroatoms. The molecule has 0 unspecified atom stereocenters. The van der Waals surface area contributed by atoms with Gasteiger partial charge in [-0.2, -0.15) is 0 Å². The van der Waals surface area contributed by atoms with E-state index in [-0.39, 0.29) is 31.9 Å². The summed E-state index contributed by atoms with van der Waals surface area (Å²) in [4.78, 5) is 22.9. The number of carboxylic acid groups (broad SMARTS) is 1. The van der Waals surface area contributed by atoms with Crippen LogP contribution in [-0.4, -0.2) is 41.0 Å². The van der Waals surface area contributed by atoms with Crippen LogP contribution in [0, 0.1) is 0 Å². The van der Waals surface area contributed by atoms with Crippen molar-refractivity contribution in [2.75, 3.05) is 19.6 Å². The van der Waals surface area contributed by atoms with Gasteiger partial charge in [0.05, 0.1) is 13.2 Å². The van der Waals surface area contributed by atoms with Gasteiger partial charge in [0.1, 0.15) is 12.3 Å². The second-order valence-corrected chi connectivity index (χ2v) is 7.52. The van der Waals surface area contributed by atoms with E-state index in [2.05, 4.69) is 0 Å². The first-order chi connectivity index (χ1) is 12.3. The van der Waals surface area contributed by atoms with Gasteiger partial charge in [-0.15, -0.1) is 0 Å². The van der Waals surface area contributed by atoms with Gasteiger partial charge in [-0.3, -0.25) is 14.2 Å². The molecule has 1 heterocycles. The summed E-state index contributed by atoms with van der Waals surface area (Å²) in [5.41, 5.74) is 0.993. The molecule has 0 saturated carbocycles. The zero-order chi connectivity index (χ0) is 19.3. The minimum atomic E-state index is -3.36. The molecule has 0 bridgehead atoms. The number of nitrogens with zero attached hydrogens (tertiary/aromatic N) is 1. The van der Waals surface area contributed by atoms with Crippen molar-refractivity contribution in [2.45, 2.75) is 27.3 Å². The molecule has 1 N–H and O–H groups in total. The maximum atomic E-state index is 12.5. The lowest BCUT2D eigenvalue weighted by Crippen LogP contribution is -2.07. The Labute approximate surface area is 151 Å². The number of carbonyl (C=O) groups excluding carboxylic acids is 1. The molecule has 2 rings (SSSR count). The van der Waals surface area contributed by atoms with Crippen LogP contribution in [0.1, 0.15) is 31.1 Å². The number of aromatic nitrogens is 1. The molecule has 0 aliphatic heterocycles. The summed E-state index contributed by atoms with van der Waals surface area (Å²) in [6.07, 6.45) is 1.25. The fraction of sp³-hybridized carbons (Fsp3) is 0.412. The molecule has 0 radical (unpaired) electrons. The lowest BCUT2D eigenvalue weighted by molar-refractivity contribution is -0.137. The highest BCUT2D eigenvalue weighted by Crippen LogP contribution is 2.48. The van der Waals surface area contributed by atoms with Crippen LogP contribution in [-0.2, 0) is 25.0 Å². The van der Waals surface area contributed by atoms with Crippen molar-refractivity contribution in [2.24, 2.45) is 0 Å². The summed E-state index contributed by atoms with van der Waals surface area (Å²) in [6, 6.07) is 4.89. The maximum absolute atomic E-state index is 12.5. The molecule has 0 atom stereocenters. The Kier molecular flexibility index (Phi) is 6.58. The van der Waals surface area contributed by atoms with E-state index in [1.807, 2.05) is 0 Å². The van der Waals surface area contributed by atoms with Crippen molar-refractivity contribution in [3.63, 3.8) is 0 Å². The summed E-state index contributed by atoms with van der Waals surface area (Å²) >= 11 is 0. The molecule has 2 aromatic rings. The van der Waals surface area contributed by atoms with Gasteiger partial charge < -0.3 is 23.5 Å². The van der Waals surface area contributed by atoms with Crippen LogP contribution in [0.5, 0.6) is 5.75 Å². The molecule has 8 nitrogen and oxygen atoms in total. The molecule has 1 aromatic carbocycles. The van der Waals surface area contributed by atoms with E-state index in [0.717, 1.165) is 0 Å². The molecule has 0 aliphatic rings. The third kappa shape index (κ3) is 4.72. The summed E-state index contributed by atoms with van der Waals surface area (Å²) < 4.78 is 29.9. The van der Waals surface area contributed by atoms with Crippen molar-refractivity contribution in [1.82, 2.24) is 4.57 Å². The molecular formula is C17H22NO7P. The van der Waals surface area contributed by atoms with Crippen LogP contribution in [0.25, 0.3) is 10.9 Å². The number of carbonyl (C=O) groups is 2. The van der Waals surface area contributed by atoms with E-state index < -0.39 is 13.6 Å². The third-order valence-electron chi connectivity index (χ3n) is 3.58. The first kappa shape index (κ1) is 20.2. The number of hydrogen-bond donors (Lipinski definition) is 1. The van der Waals surface area contributed by atoms with Gasteiger partial charge in [0.15, 0.2) is 12.1 Å². The van der Waals surface area contributed by atoms with Crippen molar-refractivity contribution < 1.29 is 33.0 Å². The molecule has 0 amide bonds. The van der Waals surface area contributed by atoms with Crippen LogP contribution >= 0.6 is 7.60 Å². The minimum absolute atomic E-state index is 0.189. The number of benzene rings is 1. The Morgan fingerprint density at radius 1 is 1.19 bits per heavy atom. The highest BCUT2D eigenvalue weighted by atomic mass is 31.2. The molecule has 0 fully saturated rings. The van der Waals surface area contributed by atoms with E-state index in [0.29, 0.717) is 22.2 Å². The van der Waals surface area contributed by atoms with Crippen molar-refractivity contribution in [3.8, 4) is 5.75 Å². The van der Waals surface area contributed by atoms with Gasteiger partial charge in [-0.1, -0.05) is 0 Å². The molecular weight excluding hydrogens is 361 g/mol. The van der Waals surface area contributed by atoms with Crippen LogP contribution in [0.4, 0.5) is 0 Å². The van der Waals surface area contributed by atoms with Gasteiger partial charge in [0.2, 0.25) is 0 Å². The van der Waals surface area contributed by atoms with E-state index in [9.17, 15) is 14.2 Å². The largest absolute Gasteiger partial charge is 0.481 e. The van der Waals surface area contributed by atoms with E-state index in [1.54, 1.807) is 32.0 Å². The van der Waals surface area contributed by atoms with Crippen LogP contribution in [0.3, 0.4) is 0 Å². The normalized spacial score (nSPS) is 11.7. The molecule has 0 aliphatic carbocycles. The second kappa shape index (κ2) is 8.49. The number of ether oxygens (including phenoxy) is 1. The number of carboxylic acids is 1. The molecule has 0 spiro atoms. The first-order valence-corrected chi connectivity index (χ1v) is 9.89. The lowest BCUT2D eigenvalue weighted by atomic mass is 10.1. The van der Waals surface area contributed by atoms with Crippen molar-refractivity contribution >= 4 is 30.3 Å². The average Bonchev–Trinajstić information content (AvgIpc) is 2.91. The monoisotopic (exact) mass is 383 g/mol. The van der Waals surface area contributed by atoms with E-state index in [4.69, 9.17) is 18.9 Å². The summed E-state index contributed by atoms with van der Waals surface area (Å²) in [5, 5.41) is 9.58. The van der Waals surface area contributed by atoms with Crippen molar-refractivity contribution in [1.29, 1.82) is 0 Å². The highest BCUT2D eigenvalue weighted by Gasteiger charge is 2.25. The Morgan fingerprint density at radius 3 is 2.38 bits per heavy atom. The SMILES string of the molecule is CCOP(=O)(COc1ccc2c(c1)c(C(C)=O)cn2CC(=O)O)OCC. The Morgan fingerprint density at radius 2 is 1.85 bits per heavy atom. The summed E-state index contributed by atoms with van der Waals surface area (Å²) in [5.74, 6) is -0.815. The topological polar surface area (TPSA) is 104 Å². The fourth-order valence-corrected chi connectivity index (χ4v) is 3.90. The van der Waals surface area contributed by atoms with Crippen molar-refractivity contribution in [3.05, 3.63) is 30.0 Å². The minimum Gasteiger partial charge on any atom is -0.481 e. The summed E-state index contributed by atoms with van der Waals surface area (Å²) in [6.45, 7) is 5.03. The standard InChI is InChI=1S/C17H22NO7P/c1-4-24-26(22,25-5-2)11-23-13-6-7-16-14(8-13)15(12(3)19)9-18(16)10-17(20)21/h6-9H,4-5,10-11H2,1-3H3,(H,20,21). The molecule has 26 heavy (non-hydrogen) atoms. The zero-order valence-electron chi connectivity index (χ0n) is 14.9. The number of Topliss-reactive ketones (excluding diaryl/α,β-unsaturated/α-hetero) is 1. The number of fused-ring (bicyclic) bond motifs is 1. The number of aliphatic carboxylic acids is 1. The van der Waals surface area contributed by atoms with Crippen LogP contribution < -0.4 is 4.74 Å². The second-order valence-electron chi connectivity index (χ2n) is 5.52. The van der Waals surface area contributed by atoms with Gasteiger partial charge in [0.25, 0.3) is 0 Å². The Bertz CT molecular complexity index is 848. The Balaban J connectivity index is 2.32. The summed E-state index contributed by atoms with van der Waals surface area (Å²) in [7, 11) is -3.36. The molecule has 1 aromatic heterocycles. The predicted octanol–water partition coefficient (Wildman–Crippen LogP) is 3.53. The first-order valence-electron chi connectivity index (χ1n) is 8.16. The fourth-order valence-electron chi connectivity index (χ4n) is 2.58. The smallest absolute Gasteiger partial charge is 0.367 e. The predicted molar refractivity (Wildman–Crippen MR) is 95.9 cm³/mol. The Hall–Kier alpha value is -2.15. The zero-order valence-corrected chi connectivity index (χ0v) is 15.8. The third-order valence-corrected chi connectivity index (χ3v) is 5.33. The van der Waals surface area contributed by atoms with Crippen LogP contribution in [0.15, 0.2) is 24.4 Å². The number of ketones is 1. The number of hydrogen-bond acceptors (Lipinski definition) is 6. The average molecular weight is 383 g/mol. The molecule has 0 saturated heterocycles. The quantitative estimate of drug-likeness (QED) is 0.494. The lowest BCUT2D eigenvalue weighted by Gasteiger charge is -2.17. The van der Waals surface area contributed by atoms with Gasteiger partial charge in [-0.05, 0) is 39.0 Å². The van der Waals surface area contributed by atoms with Gasteiger partial charge in [0, 0.05) is 22.7 Å². The molecule has 142 valence electrons. The van der Waals surface area contributed by atoms with E-state index in [1.165, 1.54) is 17.7 Å². The van der Waals surface area contributed by atoms with Crippen LogP contribution in [0.2, 0.25) is 0 Å².